The minimum absolute atomic E-state index is 0.153. The summed E-state index contributed by atoms with van der Waals surface area (Å²) < 4.78 is 1.07. The molecule has 0 saturated carbocycles. The van der Waals surface area contributed by atoms with Gasteiger partial charge in [0.25, 0.3) is 0 Å². The fourth-order valence-corrected chi connectivity index (χ4v) is 1.36. The van der Waals surface area contributed by atoms with E-state index < -0.39 is 0 Å². The van der Waals surface area contributed by atoms with Crippen LogP contribution >= 0.6 is 0 Å². The second kappa shape index (κ2) is 1.72. The quantitative estimate of drug-likeness (QED) is 0.356. The van der Waals surface area contributed by atoms with Crippen LogP contribution in [0.25, 0.3) is 0 Å². The average molecular weight is 127 g/mol. The maximum absolute atomic E-state index is 11.0. The molecule has 0 aromatic carbocycles. The Hall–Kier alpha value is -0.530. The van der Waals surface area contributed by atoms with Gasteiger partial charge in [0.1, 0.15) is 0 Å². The number of hydrogen-bond acceptors (Lipinski definition) is 1. The van der Waals surface area contributed by atoms with Crippen LogP contribution < -0.4 is 0 Å². The molecule has 0 N–H and O–H groups in total. The largest absolute Gasteiger partial charge is 0.624 e. The molecule has 0 radical (unpaired) electrons. The Morgan fingerprint density at radius 2 is 2.22 bits per heavy atom. The average Bonchev–Trinajstić information content (AvgIpc) is 1.79. The Bertz CT molecular complexity index is 149. The van der Waals surface area contributed by atoms with Crippen LogP contribution in [0.4, 0.5) is 0 Å². The van der Waals surface area contributed by atoms with Crippen LogP contribution in [0.15, 0.2) is 0 Å². The van der Waals surface area contributed by atoms with Gasteiger partial charge in [0, 0.05) is 26.2 Å². The molecule has 2 heteroatoms. The maximum atomic E-state index is 11.0. The third kappa shape index (κ3) is 1.07. The Morgan fingerprint density at radius 1 is 1.67 bits per heavy atom. The summed E-state index contributed by atoms with van der Waals surface area (Å²) in [6, 6.07) is 0. The first kappa shape index (κ1) is 6.59. The van der Waals surface area contributed by atoms with Crippen molar-refractivity contribution in [3.63, 3.8) is 0 Å². The zero-order chi connectivity index (χ0) is 7.07. The lowest BCUT2D eigenvalue weighted by Crippen LogP contribution is -2.27. The lowest BCUT2D eigenvalue weighted by Gasteiger charge is -2.17. The summed E-state index contributed by atoms with van der Waals surface area (Å²) in [5, 5.41) is 11.0. The van der Waals surface area contributed by atoms with Gasteiger partial charge in [0.05, 0.1) is 0 Å². The van der Waals surface area contributed by atoms with E-state index in [0.717, 1.165) is 11.2 Å². The molecule has 0 fully saturated rings. The minimum atomic E-state index is -0.153. The van der Waals surface area contributed by atoms with Crippen LogP contribution in [0, 0.1) is 11.1 Å². The second-order valence-electron chi connectivity index (χ2n) is 3.47. The molecule has 0 amide bonds. The Labute approximate surface area is 55.8 Å². The monoisotopic (exact) mass is 127 g/mol. The van der Waals surface area contributed by atoms with E-state index in [2.05, 4.69) is 6.92 Å². The summed E-state index contributed by atoms with van der Waals surface area (Å²) in [4.78, 5) is 0. The summed E-state index contributed by atoms with van der Waals surface area (Å²) >= 11 is 0. The van der Waals surface area contributed by atoms with E-state index >= 15 is 0 Å². The molecule has 1 unspecified atom stereocenters. The topological polar surface area (TPSA) is 26.1 Å². The molecule has 9 heavy (non-hydrogen) atoms. The predicted molar refractivity (Wildman–Crippen MR) is 37.6 cm³/mol. The van der Waals surface area contributed by atoms with Crippen LogP contribution in [0.1, 0.15) is 27.2 Å². The molecule has 0 aromatic heterocycles. The molecule has 0 bridgehead atoms. The highest BCUT2D eigenvalue weighted by Crippen LogP contribution is 2.23. The van der Waals surface area contributed by atoms with Crippen molar-refractivity contribution < 1.29 is 4.74 Å². The van der Waals surface area contributed by atoms with Crippen LogP contribution in [0.5, 0.6) is 0 Å². The minimum Gasteiger partial charge on any atom is -0.624 e. The highest BCUT2D eigenvalue weighted by molar-refractivity contribution is 5.56. The number of nitrogens with zero attached hydrogens (tertiary/aromatic N) is 1. The van der Waals surface area contributed by atoms with Crippen LogP contribution in [-0.4, -0.2) is 16.5 Å². The van der Waals surface area contributed by atoms with Crippen molar-refractivity contribution in [3.8, 4) is 0 Å². The van der Waals surface area contributed by atoms with Crippen molar-refractivity contribution in [3.05, 3.63) is 5.21 Å². The Morgan fingerprint density at radius 3 is 2.33 bits per heavy atom. The van der Waals surface area contributed by atoms with Crippen molar-refractivity contribution in [2.45, 2.75) is 32.7 Å². The Balaban J connectivity index is 2.76. The van der Waals surface area contributed by atoms with E-state index in [-0.39, 0.29) is 5.54 Å². The standard InChI is InChI=1S/C7H13NO/c1-6-4-7(2,3)8(9)5-6/h5-6H,4H2,1-3H3. The third-order valence-corrected chi connectivity index (χ3v) is 1.81. The summed E-state index contributed by atoms with van der Waals surface area (Å²) in [5.74, 6) is 0.456. The van der Waals surface area contributed by atoms with Crippen molar-refractivity contribution in [1.29, 1.82) is 0 Å². The number of hydrogen-bond donors (Lipinski definition) is 0. The summed E-state index contributed by atoms with van der Waals surface area (Å²) in [6.45, 7) is 6.01. The van der Waals surface area contributed by atoms with Crippen LogP contribution in [-0.2, 0) is 0 Å². The van der Waals surface area contributed by atoms with Gasteiger partial charge in [-0.15, -0.1) is 0 Å². The van der Waals surface area contributed by atoms with Gasteiger partial charge in [0.15, 0.2) is 11.8 Å². The molecule has 1 aliphatic rings. The van der Waals surface area contributed by atoms with E-state index in [9.17, 15) is 5.21 Å². The first-order valence-corrected chi connectivity index (χ1v) is 3.34. The molecule has 1 atom stereocenters. The summed E-state index contributed by atoms with van der Waals surface area (Å²) in [5.41, 5.74) is -0.153. The molecule has 0 aliphatic carbocycles. The maximum Gasteiger partial charge on any atom is 0.167 e. The van der Waals surface area contributed by atoms with Gasteiger partial charge in [-0.2, -0.15) is 0 Å². The van der Waals surface area contributed by atoms with Crippen LogP contribution in [0.3, 0.4) is 0 Å². The molecule has 1 aliphatic heterocycles. The molecular weight excluding hydrogens is 114 g/mol. The van der Waals surface area contributed by atoms with E-state index in [1.54, 1.807) is 6.21 Å². The van der Waals surface area contributed by atoms with Crippen molar-refractivity contribution in [2.75, 3.05) is 0 Å². The van der Waals surface area contributed by atoms with Crippen LogP contribution in [0.2, 0.25) is 0 Å². The molecule has 1 rings (SSSR count). The second-order valence-corrected chi connectivity index (χ2v) is 3.47. The zero-order valence-electron chi connectivity index (χ0n) is 6.22. The third-order valence-electron chi connectivity index (χ3n) is 1.81. The molecular formula is C7H13NO. The number of rotatable bonds is 0. The zero-order valence-corrected chi connectivity index (χ0v) is 6.22. The fourth-order valence-electron chi connectivity index (χ4n) is 1.36. The Kier molecular flexibility index (Phi) is 1.26. The normalized spacial score (nSPS) is 32.3. The molecule has 0 saturated heterocycles. The molecule has 2 nitrogen and oxygen atoms in total. The lowest BCUT2D eigenvalue weighted by molar-refractivity contribution is -0.527. The lowest BCUT2D eigenvalue weighted by atomic mass is 9.97. The summed E-state index contributed by atoms with van der Waals surface area (Å²) in [7, 11) is 0. The molecule has 52 valence electrons. The smallest absolute Gasteiger partial charge is 0.167 e. The first-order chi connectivity index (χ1) is 4.02. The van der Waals surface area contributed by atoms with Gasteiger partial charge >= 0.3 is 0 Å². The predicted octanol–water partition coefficient (Wildman–Crippen LogP) is 1.39. The van der Waals surface area contributed by atoms with Gasteiger partial charge in [-0.1, -0.05) is 6.92 Å². The number of hydroxylamine groups is 1. The fraction of sp³-hybridized carbons (Fsp3) is 0.857. The SMILES string of the molecule is CC1C=[N+]([O-])C(C)(C)C1. The van der Waals surface area contributed by atoms with Gasteiger partial charge in [-0.3, -0.25) is 0 Å². The van der Waals surface area contributed by atoms with Gasteiger partial charge in [-0.25, -0.2) is 4.74 Å². The van der Waals surface area contributed by atoms with Crippen molar-refractivity contribution in [1.82, 2.24) is 0 Å². The molecule has 0 spiro atoms. The van der Waals surface area contributed by atoms with E-state index in [4.69, 9.17) is 0 Å². The highest BCUT2D eigenvalue weighted by Gasteiger charge is 2.34. The van der Waals surface area contributed by atoms with Gasteiger partial charge in [-0.05, 0) is 0 Å². The molecule has 1 heterocycles. The first-order valence-electron chi connectivity index (χ1n) is 3.34. The van der Waals surface area contributed by atoms with Crippen molar-refractivity contribution >= 4 is 6.21 Å². The van der Waals surface area contributed by atoms with Crippen molar-refractivity contribution in [2.24, 2.45) is 5.92 Å². The summed E-state index contributed by atoms with van der Waals surface area (Å²) in [6.07, 6.45) is 2.73. The van der Waals surface area contributed by atoms with E-state index in [0.29, 0.717) is 5.92 Å². The highest BCUT2D eigenvalue weighted by atomic mass is 16.5. The molecule has 0 aromatic rings. The van der Waals surface area contributed by atoms with E-state index in [1.165, 1.54) is 0 Å². The van der Waals surface area contributed by atoms with Gasteiger partial charge < -0.3 is 5.21 Å². The van der Waals surface area contributed by atoms with E-state index in [1.807, 2.05) is 13.8 Å². The van der Waals surface area contributed by atoms with Gasteiger partial charge in [0.2, 0.25) is 0 Å².